The van der Waals surface area contributed by atoms with Crippen LogP contribution >= 0.6 is 0 Å². The summed E-state index contributed by atoms with van der Waals surface area (Å²) in [4.78, 5) is 13.9. The number of urea groups is 1. The van der Waals surface area contributed by atoms with Crippen molar-refractivity contribution in [1.29, 1.82) is 0 Å². The van der Waals surface area contributed by atoms with Crippen LogP contribution in [0, 0.1) is 5.92 Å². The van der Waals surface area contributed by atoms with E-state index < -0.39 is 0 Å². The molecule has 1 aliphatic rings. The van der Waals surface area contributed by atoms with Gasteiger partial charge < -0.3 is 20.6 Å². The number of nitrogens with zero attached hydrogens (tertiary/aromatic N) is 1. The van der Waals surface area contributed by atoms with Crippen LogP contribution in [0.25, 0.3) is 0 Å². The average molecular weight is 271 g/mol. The predicted molar refractivity (Wildman–Crippen MR) is 77.2 cm³/mol. The Labute approximate surface area is 116 Å². The van der Waals surface area contributed by atoms with Crippen LogP contribution in [0.3, 0.4) is 0 Å². The quantitative estimate of drug-likeness (QED) is 0.651. The first kappa shape index (κ1) is 16.2. The van der Waals surface area contributed by atoms with Gasteiger partial charge in [-0.3, -0.25) is 0 Å². The van der Waals surface area contributed by atoms with Crippen LogP contribution in [0.4, 0.5) is 4.79 Å². The Kier molecular flexibility index (Phi) is 7.82. The van der Waals surface area contributed by atoms with E-state index in [9.17, 15) is 4.79 Å². The summed E-state index contributed by atoms with van der Waals surface area (Å²) in [7, 11) is 0. The smallest absolute Gasteiger partial charge is 0.314 e. The van der Waals surface area contributed by atoms with Gasteiger partial charge in [0.1, 0.15) is 0 Å². The second kappa shape index (κ2) is 9.15. The van der Waals surface area contributed by atoms with E-state index in [-0.39, 0.29) is 12.1 Å². The molecule has 1 heterocycles. The molecule has 0 radical (unpaired) electrons. The number of carbonyl (C=O) groups excluding carboxylic acids is 1. The van der Waals surface area contributed by atoms with Gasteiger partial charge in [0.05, 0.1) is 6.10 Å². The maximum absolute atomic E-state index is 11.5. The highest BCUT2D eigenvalue weighted by atomic mass is 16.3. The zero-order valence-corrected chi connectivity index (χ0v) is 12.3. The first-order valence-electron chi connectivity index (χ1n) is 7.54. The summed E-state index contributed by atoms with van der Waals surface area (Å²) in [6.07, 6.45) is 3.81. The van der Waals surface area contributed by atoms with E-state index in [1.54, 1.807) is 6.92 Å². The Morgan fingerprint density at radius 1 is 1.32 bits per heavy atom. The van der Waals surface area contributed by atoms with E-state index in [0.717, 1.165) is 25.4 Å². The van der Waals surface area contributed by atoms with Gasteiger partial charge in [-0.25, -0.2) is 4.79 Å². The lowest BCUT2D eigenvalue weighted by atomic mass is 9.93. The molecular formula is C14H29N3O2. The normalized spacial score (nSPS) is 19.1. The summed E-state index contributed by atoms with van der Waals surface area (Å²) in [6.45, 7) is 8.75. The number of aliphatic hydroxyl groups excluding tert-OH is 1. The fourth-order valence-electron chi connectivity index (χ4n) is 2.44. The molecule has 5 nitrogen and oxygen atoms in total. The monoisotopic (exact) mass is 271 g/mol. The van der Waals surface area contributed by atoms with Gasteiger partial charge in [-0.2, -0.15) is 0 Å². The number of rotatable bonds is 7. The third kappa shape index (κ3) is 7.38. The Balaban J connectivity index is 1.99. The summed E-state index contributed by atoms with van der Waals surface area (Å²) in [5.74, 6) is 0.751. The van der Waals surface area contributed by atoms with Crippen molar-refractivity contribution < 1.29 is 9.90 Å². The topological polar surface area (TPSA) is 64.6 Å². The molecule has 1 rings (SSSR count). The van der Waals surface area contributed by atoms with E-state index in [1.807, 2.05) is 0 Å². The number of carbonyl (C=O) groups is 1. The van der Waals surface area contributed by atoms with Crippen LogP contribution in [0.1, 0.15) is 39.5 Å². The van der Waals surface area contributed by atoms with E-state index in [1.165, 1.54) is 25.9 Å². The maximum Gasteiger partial charge on any atom is 0.314 e. The van der Waals surface area contributed by atoms with Crippen LogP contribution in [0.15, 0.2) is 0 Å². The number of hydrogen-bond acceptors (Lipinski definition) is 3. The number of piperidine rings is 1. The molecule has 1 atom stereocenters. The Bertz CT molecular complexity index is 251. The van der Waals surface area contributed by atoms with Gasteiger partial charge in [-0.1, -0.05) is 6.92 Å². The highest BCUT2D eigenvalue weighted by molar-refractivity contribution is 5.73. The number of amides is 2. The molecule has 0 aromatic carbocycles. The first-order valence-corrected chi connectivity index (χ1v) is 7.54. The summed E-state index contributed by atoms with van der Waals surface area (Å²) in [6, 6.07) is -0.119. The van der Waals surface area contributed by atoms with Crippen molar-refractivity contribution in [1.82, 2.24) is 15.5 Å². The molecule has 3 N–H and O–H groups in total. The lowest BCUT2D eigenvalue weighted by Crippen LogP contribution is -2.39. The second-order valence-electron chi connectivity index (χ2n) is 5.49. The minimum Gasteiger partial charge on any atom is -0.393 e. The Hall–Kier alpha value is -0.810. The number of nitrogens with one attached hydrogen (secondary N) is 2. The summed E-state index contributed by atoms with van der Waals surface area (Å²) in [5.41, 5.74) is 0. The first-order chi connectivity index (χ1) is 9.11. The molecular weight excluding hydrogens is 242 g/mol. The summed E-state index contributed by atoms with van der Waals surface area (Å²) >= 11 is 0. The van der Waals surface area contributed by atoms with Crippen molar-refractivity contribution in [2.24, 2.45) is 5.92 Å². The van der Waals surface area contributed by atoms with Crippen LogP contribution in [0.5, 0.6) is 0 Å². The van der Waals surface area contributed by atoms with Crippen molar-refractivity contribution in [3.63, 3.8) is 0 Å². The summed E-state index contributed by atoms with van der Waals surface area (Å²) in [5, 5.41) is 14.7. The van der Waals surface area contributed by atoms with Gasteiger partial charge in [-0.15, -0.1) is 0 Å². The SMILES string of the molecule is CCN1CCC(CCNC(=O)NCCC(C)O)CC1. The van der Waals surface area contributed by atoms with Crippen molar-refractivity contribution in [3.8, 4) is 0 Å². The average Bonchev–Trinajstić information content (AvgIpc) is 2.39. The van der Waals surface area contributed by atoms with Crippen molar-refractivity contribution in [2.75, 3.05) is 32.7 Å². The predicted octanol–water partition coefficient (Wildman–Crippen LogP) is 1.18. The number of likely N-dealkylation sites (tertiary alicyclic amines) is 1. The minimum absolute atomic E-state index is 0.119. The fraction of sp³-hybridized carbons (Fsp3) is 0.929. The highest BCUT2D eigenvalue weighted by Crippen LogP contribution is 2.19. The molecule has 0 spiro atoms. The highest BCUT2D eigenvalue weighted by Gasteiger charge is 2.17. The molecule has 2 amide bonds. The van der Waals surface area contributed by atoms with Crippen LogP contribution in [-0.4, -0.2) is 54.9 Å². The molecule has 1 aliphatic heterocycles. The lowest BCUT2D eigenvalue weighted by molar-refractivity contribution is 0.182. The minimum atomic E-state index is -0.357. The van der Waals surface area contributed by atoms with Gasteiger partial charge in [0.25, 0.3) is 0 Å². The lowest BCUT2D eigenvalue weighted by Gasteiger charge is -2.31. The van der Waals surface area contributed by atoms with Crippen molar-refractivity contribution in [2.45, 2.75) is 45.6 Å². The fourth-order valence-corrected chi connectivity index (χ4v) is 2.44. The third-order valence-electron chi connectivity index (χ3n) is 3.84. The molecule has 0 aliphatic carbocycles. The van der Waals surface area contributed by atoms with Crippen molar-refractivity contribution >= 4 is 6.03 Å². The molecule has 1 fully saturated rings. The molecule has 0 aromatic heterocycles. The summed E-state index contributed by atoms with van der Waals surface area (Å²) < 4.78 is 0. The molecule has 1 unspecified atom stereocenters. The molecule has 0 bridgehead atoms. The Morgan fingerprint density at radius 3 is 2.53 bits per heavy atom. The largest absolute Gasteiger partial charge is 0.393 e. The zero-order valence-electron chi connectivity index (χ0n) is 12.3. The Morgan fingerprint density at radius 2 is 1.95 bits per heavy atom. The molecule has 19 heavy (non-hydrogen) atoms. The zero-order chi connectivity index (χ0) is 14.1. The molecule has 112 valence electrons. The molecule has 0 saturated carbocycles. The van der Waals surface area contributed by atoms with Crippen LogP contribution in [-0.2, 0) is 0 Å². The maximum atomic E-state index is 11.5. The van der Waals surface area contributed by atoms with Gasteiger partial charge in [0.2, 0.25) is 0 Å². The van der Waals surface area contributed by atoms with Gasteiger partial charge in [-0.05, 0) is 58.2 Å². The second-order valence-corrected chi connectivity index (χ2v) is 5.49. The van der Waals surface area contributed by atoms with Gasteiger partial charge in [0.15, 0.2) is 0 Å². The van der Waals surface area contributed by atoms with Crippen LogP contribution in [0.2, 0.25) is 0 Å². The van der Waals surface area contributed by atoms with Crippen molar-refractivity contribution in [3.05, 3.63) is 0 Å². The number of hydrogen-bond donors (Lipinski definition) is 3. The van der Waals surface area contributed by atoms with E-state index in [2.05, 4.69) is 22.5 Å². The van der Waals surface area contributed by atoms with E-state index in [4.69, 9.17) is 5.11 Å². The molecule has 0 aromatic rings. The van der Waals surface area contributed by atoms with Gasteiger partial charge in [0, 0.05) is 13.1 Å². The standard InChI is InChI=1S/C14H29N3O2/c1-3-17-10-6-13(7-11-17)5-9-16-14(19)15-8-4-12(2)18/h12-13,18H,3-11H2,1-2H3,(H2,15,16,19). The van der Waals surface area contributed by atoms with Gasteiger partial charge >= 0.3 is 6.03 Å². The van der Waals surface area contributed by atoms with E-state index >= 15 is 0 Å². The molecule has 1 saturated heterocycles. The third-order valence-corrected chi connectivity index (χ3v) is 3.84. The number of aliphatic hydroxyl groups is 1. The van der Waals surface area contributed by atoms with Crippen LogP contribution < -0.4 is 10.6 Å². The molecule has 5 heteroatoms. The van der Waals surface area contributed by atoms with E-state index in [0.29, 0.717) is 13.0 Å².